The van der Waals surface area contributed by atoms with Crippen molar-refractivity contribution in [1.82, 2.24) is 0 Å². The van der Waals surface area contributed by atoms with E-state index in [4.69, 9.17) is 4.42 Å². The minimum Gasteiger partial charge on any atom is -0.456 e. The van der Waals surface area contributed by atoms with E-state index < -0.39 is 0 Å². The van der Waals surface area contributed by atoms with Gasteiger partial charge in [0.2, 0.25) is 0 Å². The van der Waals surface area contributed by atoms with E-state index in [9.17, 15) is 0 Å². The Morgan fingerprint density at radius 2 is 0.933 bits per heavy atom. The fraction of sp³-hybridized carbons (Fsp3) is 0. The van der Waals surface area contributed by atoms with Crippen molar-refractivity contribution in [3.8, 4) is 22.3 Å². The summed E-state index contributed by atoms with van der Waals surface area (Å²) in [6.45, 7) is 0.0199. The van der Waals surface area contributed by atoms with Crippen molar-refractivity contribution in [3.05, 3.63) is 170 Å². The van der Waals surface area contributed by atoms with Crippen molar-refractivity contribution in [2.45, 2.75) is 0 Å². The first-order valence-electron chi connectivity index (χ1n) is 15.5. The predicted octanol–water partition coefficient (Wildman–Crippen LogP) is 9.22. The van der Waals surface area contributed by atoms with Gasteiger partial charge in [0.1, 0.15) is 11.2 Å². The standard InChI is InChI=1S/C42H28BNO/c1-3-14-29(15-4-1)30-16-11-17-31(28-30)33-20-12-21-34-35-22-13-25-38(42(35)45-41(33)34)43-36-23-7-9-26-39(36)44(32-18-5-2-6-19-32)40-27-10-8-24-37(40)43/h1-28H. The minimum atomic E-state index is 0.0199. The summed E-state index contributed by atoms with van der Waals surface area (Å²) >= 11 is 0. The Morgan fingerprint density at radius 3 is 1.67 bits per heavy atom. The third-order valence-corrected chi connectivity index (χ3v) is 9.14. The van der Waals surface area contributed by atoms with Gasteiger partial charge in [0, 0.05) is 33.4 Å². The molecule has 1 aliphatic heterocycles. The molecule has 0 radical (unpaired) electrons. The van der Waals surface area contributed by atoms with Crippen LogP contribution in [0.1, 0.15) is 0 Å². The number of hydrogen-bond acceptors (Lipinski definition) is 2. The minimum absolute atomic E-state index is 0.0199. The highest BCUT2D eigenvalue weighted by atomic mass is 16.3. The van der Waals surface area contributed by atoms with Gasteiger partial charge in [0.15, 0.2) is 0 Å². The number of hydrogen-bond donors (Lipinski definition) is 0. The van der Waals surface area contributed by atoms with E-state index in [1.54, 1.807) is 0 Å². The molecule has 9 rings (SSSR count). The van der Waals surface area contributed by atoms with Crippen LogP contribution in [0.5, 0.6) is 0 Å². The molecule has 0 saturated carbocycles. The monoisotopic (exact) mass is 573 g/mol. The van der Waals surface area contributed by atoms with Gasteiger partial charge in [0.25, 0.3) is 6.71 Å². The Morgan fingerprint density at radius 1 is 0.400 bits per heavy atom. The molecule has 0 fully saturated rings. The molecule has 3 heteroatoms. The fourth-order valence-electron chi connectivity index (χ4n) is 7.15. The Hall–Kier alpha value is -5.80. The second kappa shape index (κ2) is 10.4. The summed E-state index contributed by atoms with van der Waals surface area (Å²) in [5.41, 5.74) is 13.8. The highest BCUT2D eigenvalue weighted by Crippen LogP contribution is 2.39. The third kappa shape index (κ3) is 4.12. The molecule has 0 spiro atoms. The van der Waals surface area contributed by atoms with E-state index in [0.717, 1.165) is 38.8 Å². The SMILES string of the molecule is c1ccc(-c2cccc(-c3cccc4c3oc3c(B5c6ccccc6N(c6ccccc6)c6ccccc65)cccc34)c2)cc1. The van der Waals surface area contributed by atoms with Crippen LogP contribution in [0, 0.1) is 0 Å². The van der Waals surface area contributed by atoms with Gasteiger partial charge in [-0.15, -0.1) is 0 Å². The number of furan rings is 1. The summed E-state index contributed by atoms with van der Waals surface area (Å²) in [6.07, 6.45) is 0. The van der Waals surface area contributed by atoms with Crippen molar-refractivity contribution < 1.29 is 4.42 Å². The van der Waals surface area contributed by atoms with Gasteiger partial charge in [-0.2, -0.15) is 0 Å². The molecule has 0 amide bonds. The van der Waals surface area contributed by atoms with Gasteiger partial charge in [-0.25, -0.2) is 0 Å². The molecule has 2 heterocycles. The molecule has 0 aliphatic carbocycles. The molecule has 7 aromatic carbocycles. The van der Waals surface area contributed by atoms with Crippen molar-refractivity contribution in [2.24, 2.45) is 0 Å². The number of fused-ring (bicyclic) bond motifs is 5. The predicted molar refractivity (Wildman–Crippen MR) is 190 cm³/mol. The quantitative estimate of drug-likeness (QED) is 0.195. The van der Waals surface area contributed by atoms with Crippen LogP contribution >= 0.6 is 0 Å². The van der Waals surface area contributed by atoms with Crippen molar-refractivity contribution in [1.29, 1.82) is 0 Å². The van der Waals surface area contributed by atoms with E-state index in [1.807, 2.05) is 0 Å². The molecular weight excluding hydrogens is 545 g/mol. The third-order valence-electron chi connectivity index (χ3n) is 9.14. The van der Waals surface area contributed by atoms with Crippen molar-refractivity contribution >= 4 is 62.1 Å². The van der Waals surface area contributed by atoms with Crippen LogP contribution in [0.2, 0.25) is 0 Å². The zero-order chi connectivity index (χ0) is 29.7. The molecule has 45 heavy (non-hydrogen) atoms. The zero-order valence-corrected chi connectivity index (χ0v) is 24.6. The number of nitrogens with zero attached hydrogens (tertiary/aromatic N) is 1. The maximum atomic E-state index is 7.00. The van der Waals surface area contributed by atoms with E-state index >= 15 is 0 Å². The average molecular weight is 574 g/mol. The fourth-order valence-corrected chi connectivity index (χ4v) is 7.15. The van der Waals surface area contributed by atoms with Crippen LogP contribution in [0.15, 0.2) is 174 Å². The Bertz CT molecular complexity index is 2290. The summed E-state index contributed by atoms with van der Waals surface area (Å²) in [6, 6.07) is 60.7. The molecule has 0 atom stereocenters. The molecular formula is C42H28BNO. The van der Waals surface area contributed by atoms with E-state index in [-0.39, 0.29) is 6.71 Å². The number of benzene rings is 7. The van der Waals surface area contributed by atoms with Crippen LogP contribution in [0.4, 0.5) is 17.1 Å². The second-order valence-corrected chi connectivity index (χ2v) is 11.7. The highest BCUT2D eigenvalue weighted by Gasteiger charge is 2.36. The van der Waals surface area contributed by atoms with Gasteiger partial charge < -0.3 is 9.32 Å². The van der Waals surface area contributed by atoms with Gasteiger partial charge in [-0.3, -0.25) is 0 Å². The lowest BCUT2D eigenvalue weighted by Crippen LogP contribution is -2.57. The Labute approximate surface area is 262 Å². The second-order valence-electron chi connectivity index (χ2n) is 11.7. The van der Waals surface area contributed by atoms with Crippen LogP contribution in [0.25, 0.3) is 44.2 Å². The van der Waals surface area contributed by atoms with Crippen LogP contribution in [-0.4, -0.2) is 6.71 Å². The van der Waals surface area contributed by atoms with Crippen molar-refractivity contribution in [2.75, 3.05) is 4.90 Å². The molecule has 1 aromatic heterocycles. The van der Waals surface area contributed by atoms with E-state index in [1.165, 1.54) is 38.9 Å². The molecule has 210 valence electrons. The molecule has 8 aromatic rings. The van der Waals surface area contributed by atoms with Crippen LogP contribution in [-0.2, 0) is 0 Å². The largest absolute Gasteiger partial charge is 0.456 e. The van der Waals surface area contributed by atoms with Crippen LogP contribution in [0.3, 0.4) is 0 Å². The Kier molecular flexibility index (Phi) is 5.95. The summed E-state index contributed by atoms with van der Waals surface area (Å²) < 4.78 is 7.00. The first kappa shape index (κ1) is 25.7. The number of rotatable bonds is 4. The molecule has 0 bridgehead atoms. The van der Waals surface area contributed by atoms with E-state index in [2.05, 4.69) is 175 Å². The van der Waals surface area contributed by atoms with Gasteiger partial charge >= 0.3 is 0 Å². The molecule has 1 aliphatic rings. The summed E-state index contributed by atoms with van der Waals surface area (Å²) in [4.78, 5) is 2.39. The van der Waals surface area contributed by atoms with Gasteiger partial charge in [-0.1, -0.05) is 140 Å². The lowest BCUT2D eigenvalue weighted by atomic mass is 9.35. The number of anilines is 3. The summed E-state index contributed by atoms with van der Waals surface area (Å²) in [5, 5.41) is 2.28. The zero-order valence-electron chi connectivity index (χ0n) is 24.6. The summed E-state index contributed by atoms with van der Waals surface area (Å²) in [7, 11) is 0. The lowest BCUT2D eigenvalue weighted by molar-refractivity contribution is 0.672. The first-order chi connectivity index (χ1) is 22.3. The van der Waals surface area contributed by atoms with Gasteiger partial charge in [-0.05, 0) is 63.4 Å². The van der Waals surface area contributed by atoms with E-state index in [0.29, 0.717) is 0 Å². The number of para-hydroxylation sites is 5. The average Bonchev–Trinajstić information content (AvgIpc) is 3.51. The normalized spacial score (nSPS) is 12.4. The smallest absolute Gasteiger partial charge is 0.251 e. The maximum Gasteiger partial charge on any atom is 0.251 e. The maximum absolute atomic E-state index is 7.00. The van der Waals surface area contributed by atoms with Crippen molar-refractivity contribution in [3.63, 3.8) is 0 Å². The van der Waals surface area contributed by atoms with Gasteiger partial charge in [0.05, 0.1) is 0 Å². The molecule has 0 N–H and O–H groups in total. The molecule has 0 saturated heterocycles. The highest BCUT2D eigenvalue weighted by molar-refractivity contribution is 6.99. The van der Waals surface area contributed by atoms with Crippen LogP contribution < -0.4 is 21.3 Å². The topological polar surface area (TPSA) is 16.4 Å². The molecule has 0 unspecified atom stereocenters. The Balaban J connectivity index is 1.25. The lowest BCUT2D eigenvalue weighted by Gasteiger charge is -2.36. The summed E-state index contributed by atoms with van der Waals surface area (Å²) in [5.74, 6) is 0. The molecule has 2 nitrogen and oxygen atoms in total. The first-order valence-corrected chi connectivity index (χ1v) is 15.5.